The van der Waals surface area contributed by atoms with Gasteiger partial charge in [0.25, 0.3) is 0 Å². The molecule has 2 saturated heterocycles. The van der Waals surface area contributed by atoms with Gasteiger partial charge in [0.05, 0.1) is 30.9 Å². The van der Waals surface area contributed by atoms with Crippen molar-refractivity contribution in [1.29, 1.82) is 0 Å². The topological polar surface area (TPSA) is 81.7 Å². The van der Waals surface area contributed by atoms with Crippen LogP contribution in [0, 0.1) is 12.8 Å². The number of hydrogen-bond donors (Lipinski definition) is 0. The van der Waals surface area contributed by atoms with E-state index in [-0.39, 0.29) is 5.60 Å². The molecule has 0 saturated carbocycles. The Kier molecular flexibility index (Phi) is 6.62. The molecule has 0 spiro atoms. The van der Waals surface area contributed by atoms with Gasteiger partial charge >= 0.3 is 0 Å². The molecule has 0 atom stereocenters. The molecule has 2 aliphatic heterocycles. The van der Waals surface area contributed by atoms with Crippen molar-refractivity contribution in [2.24, 2.45) is 13.0 Å². The zero-order valence-corrected chi connectivity index (χ0v) is 23.2. The number of ether oxygens (including phenoxy) is 2. The van der Waals surface area contributed by atoms with Gasteiger partial charge in [0.2, 0.25) is 0 Å². The van der Waals surface area contributed by atoms with Crippen molar-refractivity contribution >= 4 is 28.0 Å². The molecule has 3 aromatic heterocycles. The monoisotopic (exact) mass is 518 g/mol. The highest BCUT2D eigenvalue weighted by atomic mass is 16.5. The van der Waals surface area contributed by atoms with Gasteiger partial charge in [0.1, 0.15) is 17.2 Å². The summed E-state index contributed by atoms with van der Waals surface area (Å²) in [5, 5.41) is 1.03. The van der Waals surface area contributed by atoms with Gasteiger partial charge in [-0.1, -0.05) is 18.2 Å². The number of likely N-dealkylation sites (tertiary alicyclic amines) is 1. The third kappa shape index (κ3) is 4.46. The number of aryl methyl sites for hydroxylation is 2. The molecule has 0 amide bonds. The first-order valence-electron chi connectivity index (χ1n) is 13.7. The van der Waals surface area contributed by atoms with Crippen LogP contribution in [-0.2, 0) is 23.1 Å². The Morgan fingerprint density at radius 1 is 1.03 bits per heavy atom. The number of hydrogen-bond acceptors (Lipinski definition) is 8. The molecular weight excluding hydrogens is 480 g/mol. The number of furan rings is 1. The molecule has 9 heteroatoms. The molecule has 5 heterocycles. The molecule has 0 radical (unpaired) electrons. The molecular formula is C29H38N6O3. The molecule has 0 N–H and O–H groups in total. The maximum Gasteiger partial charge on any atom is 0.168 e. The summed E-state index contributed by atoms with van der Waals surface area (Å²) in [5.74, 6) is 3.96. The summed E-state index contributed by atoms with van der Waals surface area (Å²) in [6, 6.07) is 8.09. The van der Waals surface area contributed by atoms with Crippen LogP contribution >= 0.6 is 0 Å². The highest BCUT2D eigenvalue weighted by molar-refractivity contribution is 5.96. The number of anilines is 1. The Bertz CT molecular complexity index is 1440. The lowest BCUT2D eigenvalue weighted by molar-refractivity contribution is -0.0495. The number of para-hydroxylation sites is 1. The zero-order valence-electron chi connectivity index (χ0n) is 23.2. The summed E-state index contributed by atoms with van der Waals surface area (Å²) in [6.45, 7) is 12.2. The Labute approximate surface area is 223 Å². The maximum absolute atomic E-state index is 6.08. The summed E-state index contributed by atoms with van der Waals surface area (Å²) >= 11 is 0. The number of rotatable bonds is 6. The average Bonchev–Trinajstić information content (AvgIpc) is 3.44. The summed E-state index contributed by atoms with van der Waals surface area (Å²) in [5.41, 5.74) is 3.42. The van der Waals surface area contributed by atoms with Gasteiger partial charge in [0, 0.05) is 32.6 Å². The second-order valence-corrected chi connectivity index (χ2v) is 11.1. The van der Waals surface area contributed by atoms with Crippen LogP contribution in [0.1, 0.15) is 38.3 Å². The number of imidazole rings is 1. The van der Waals surface area contributed by atoms with Crippen LogP contribution in [0.5, 0.6) is 0 Å². The lowest BCUT2D eigenvalue weighted by atomic mass is 9.83. The third-order valence-corrected chi connectivity index (χ3v) is 8.56. The summed E-state index contributed by atoms with van der Waals surface area (Å²) < 4.78 is 19.6. The van der Waals surface area contributed by atoms with Crippen molar-refractivity contribution in [2.75, 3.05) is 51.4 Å². The number of methoxy groups -OCH3 is 1. The van der Waals surface area contributed by atoms with Crippen molar-refractivity contribution in [3.05, 3.63) is 35.9 Å². The van der Waals surface area contributed by atoms with Crippen LogP contribution in [-0.4, -0.2) is 76.5 Å². The molecule has 4 aromatic rings. The van der Waals surface area contributed by atoms with Crippen molar-refractivity contribution in [3.8, 4) is 11.4 Å². The van der Waals surface area contributed by atoms with Crippen LogP contribution in [0.25, 0.3) is 33.5 Å². The van der Waals surface area contributed by atoms with E-state index in [9.17, 15) is 0 Å². The minimum atomic E-state index is -0.0849. The fraction of sp³-hybridized carbons (Fsp3) is 0.552. The molecule has 0 aliphatic carbocycles. The minimum absolute atomic E-state index is 0.0849. The molecule has 6 rings (SSSR count). The molecule has 2 fully saturated rings. The predicted molar refractivity (Wildman–Crippen MR) is 148 cm³/mol. The van der Waals surface area contributed by atoms with Crippen LogP contribution in [0.15, 0.2) is 28.7 Å². The molecule has 202 valence electrons. The first kappa shape index (κ1) is 25.3. The van der Waals surface area contributed by atoms with E-state index >= 15 is 0 Å². The highest BCUT2D eigenvalue weighted by Crippen LogP contribution is 2.36. The lowest BCUT2D eigenvalue weighted by Crippen LogP contribution is -2.42. The number of piperidine rings is 1. The molecule has 38 heavy (non-hydrogen) atoms. The van der Waals surface area contributed by atoms with Gasteiger partial charge in [-0.2, -0.15) is 0 Å². The van der Waals surface area contributed by atoms with Crippen LogP contribution in [0.3, 0.4) is 0 Å². The number of morpholine rings is 1. The van der Waals surface area contributed by atoms with Crippen molar-refractivity contribution in [3.63, 3.8) is 0 Å². The van der Waals surface area contributed by atoms with E-state index in [2.05, 4.69) is 41.3 Å². The van der Waals surface area contributed by atoms with Gasteiger partial charge < -0.3 is 23.4 Å². The van der Waals surface area contributed by atoms with Gasteiger partial charge in [-0.05, 0) is 58.7 Å². The number of fused-ring (bicyclic) bond motifs is 2. The molecule has 0 unspecified atom stereocenters. The predicted octanol–water partition coefficient (Wildman–Crippen LogP) is 4.56. The Morgan fingerprint density at radius 2 is 1.76 bits per heavy atom. The quantitative estimate of drug-likeness (QED) is 0.368. The van der Waals surface area contributed by atoms with E-state index < -0.39 is 0 Å². The first-order chi connectivity index (χ1) is 18.4. The van der Waals surface area contributed by atoms with Crippen LogP contribution in [0.2, 0.25) is 0 Å². The minimum Gasteiger partial charge on any atom is -0.461 e. The molecule has 9 nitrogen and oxygen atoms in total. The normalized spacial score (nSPS) is 18.2. The van der Waals surface area contributed by atoms with Crippen LogP contribution < -0.4 is 4.90 Å². The lowest BCUT2D eigenvalue weighted by Gasteiger charge is -2.39. The van der Waals surface area contributed by atoms with E-state index in [1.54, 1.807) is 0 Å². The van der Waals surface area contributed by atoms with E-state index in [4.69, 9.17) is 28.8 Å². The second kappa shape index (κ2) is 9.94. The highest BCUT2D eigenvalue weighted by Gasteiger charge is 2.33. The largest absolute Gasteiger partial charge is 0.461 e. The van der Waals surface area contributed by atoms with E-state index in [0.717, 1.165) is 90.7 Å². The standard InChI is InChI=1S/C29H38N6O3/c1-19-24(21-8-6-7-9-22(21)38-19)26-31-27-25(28(32-26)35-14-16-37-17-15-35)30-23(33(27)4)18-34-12-10-20(11-13-34)29(2,3)36-5/h6-9,20H,10-18H2,1-5H3. The smallest absolute Gasteiger partial charge is 0.168 e. The Hall–Kier alpha value is -3.01. The first-order valence-corrected chi connectivity index (χ1v) is 13.7. The maximum atomic E-state index is 6.08. The van der Waals surface area contributed by atoms with Gasteiger partial charge in [-0.25, -0.2) is 15.0 Å². The van der Waals surface area contributed by atoms with Gasteiger partial charge in [0.15, 0.2) is 22.8 Å². The SMILES string of the molecule is COC(C)(C)C1CCN(Cc2nc3c(N4CCOCC4)nc(-c4c(C)oc5ccccc45)nc3n2C)CC1. The van der Waals surface area contributed by atoms with Gasteiger partial charge in [-0.15, -0.1) is 0 Å². The third-order valence-electron chi connectivity index (χ3n) is 8.56. The summed E-state index contributed by atoms with van der Waals surface area (Å²) in [6.07, 6.45) is 2.25. The van der Waals surface area contributed by atoms with E-state index in [1.165, 1.54) is 0 Å². The van der Waals surface area contributed by atoms with Crippen LogP contribution in [0.4, 0.5) is 5.82 Å². The fourth-order valence-electron chi connectivity index (χ4n) is 5.94. The van der Waals surface area contributed by atoms with Gasteiger partial charge in [-0.3, -0.25) is 4.90 Å². The number of benzene rings is 1. The molecule has 1 aromatic carbocycles. The van der Waals surface area contributed by atoms with E-state index in [0.29, 0.717) is 25.0 Å². The number of nitrogens with zero attached hydrogens (tertiary/aromatic N) is 6. The Morgan fingerprint density at radius 3 is 2.50 bits per heavy atom. The van der Waals surface area contributed by atoms with Crippen molar-refractivity contribution in [1.82, 2.24) is 24.4 Å². The number of aromatic nitrogens is 4. The fourth-order valence-corrected chi connectivity index (χ4v) is 5.94. The van der Waals surface area contributed by atoms with E-state index in [1.807, 2.05) is 32.2 Å². The summed E-state index contributed by atoms with van der Waals surface area (Å²) in [4.78, 5) is 20.1. The second-order valence-electron chi connectivity index (χ2n) is 11.1. The zero-order chi connectivity index (χ0) is 26.4. The Balaban J connectivity index is 1.38. The molecule has 0 bridgehead atoms. The summed E-state index contributed by atoms with van der Waals surface area (Å²) in [7, 11) is 3.90. The average molecular weight is 519 g/mol. The van der Waals surface area contributed by atoms with Crippen molar-refractivity contribution in [2.45, 2.75) is 45.8 Å². The van der Waals surface area contributed by atoms with Crippen molar-refractivity contribution < 1.29 is 13.9 Å². The molecule has 2 aliphatic rings.